The third-order valence-corrected chi connectivity index (χ3v) is 0. The fourth-order valence-electron chi connectivity index (χ4n) is 0. The summed E-state index contributed by atoms with van der Waals surface area (Å²) in [5.41, 5.74) is 0. The Morgan fingerprint density at radius 3 is 0.909 bits per heavy atom. The van der Waals surface area contributed by atoms with Crippen molar-refractivity contribution in [2.75, 3.05) is 0 Å². The van der Waals surface area contributed by atoms with Crippen LogP contribution in [-0.2, 0) is 22.7 Å². The summed E-state index contributed by atoms with van der Waals surface area (Å²) in [4.78, 5) is 21.6. The molecule has 0 atom stereocenters. The first-order chi connectivity index (χ1) is 4.00. The average molecular weight is 222 g/mol. The van der Waals surface area contributed by atoms with Crippen LogP contribution in [0.4, 0.5) is 0 Å². The summed E-state index contributed by atoms with van der Waals surface area (Å²) in [7, 11) is -4.64. The van der Waals surface area contributed by atoms with E-state index in [1.807, 2.05) is 0 Å². The standard InChI is InChI=1S/Li.H3O4P.4H2O.Ti.H/c;1-5(2,3)4;;;;;;/h;(H3,1,2,3,4);4*1H2;;/q;;;;;;+4;/p-4. The summed E-state index contributed by atoms with van der Waals surface area (Å²) in [5, 5.41) is 0. The fraction of sp³-hybridized carbons (Fsp3) is 0. The predicted octanol–water partition coefficient (Wildman–Crippen LogP) is -3.81. The van der Waals surface area contributed by atoms with Gasteiger partial charge in [0.1, 0.15) is 0 Å². The van der Waals surface area contributed by atoms with E-state index in [0.717, 1.165) is 0 Å². The summed E-state index contributed by atoms with van der Waals surface area (Å²) in [5.74, 6) is 0. The van der Waals surface area contributed by atoms with Crippen molar-refractivity contribution in [3.8, 4) is 0 Å². The molecule has 0 amide bonds. The maximum absolute atomic E-state index is 8.88. The Morgan fingerprint density at radius 1 is 0.909 bits per heavy atom. The Balaban J connectivity index is -0.000000107. The van der Waals surface area contributed by atoms with Crippen molar-refractivity contribution in [1.29, 1.82) is 0 Å². The van der Waals surface area contributed by atoms with E-state index in [2.05, 4.69) is 0 Å². The zero-order chi connectivity index (χ0) is 9.00. The van der Waals surface area contributed by atoms with Crippen LogP contribution >= 0.6 is 7.82 Å². The van der Waals surface area contributed by atoms with Crippen LogP contribution in [0.2, 0.25) is 0 Å². The Kier molecular flexibility index (Phi) is 11.1. The second kappa shape index (κ2) is 6.74. The quantitative estimate of drug-likeness (QED) is 0.162. The summed E-state index contributed by atoms with van der Waals surface area (Å²) in [6, 6.07) is 0. The van der Waals surface area contributed by atoms with Gasteiger partial charge in [-0.05, 0) is 0 Å². The van der Waals surface area contributed by atoms with Crippen molar-refractivity contribution in [2.24, 2.45) is 0 Å². The van der Waals surface area contributed by atoms with Gasteiger partial charge in [0.05, 0.1) is 0 Å². The second-order valence-electron chi connectivity index (χ2n) is 1.11. The van der Waals surface area contributed by atoms with Gasteiger partial charge in [-0.25, -0.2) is 4.57 Å². The van der Waals surface area contributed by atoms with E-state index in [0.29, 0.717) is 0 Å². The molecule has 11 heteroatoms. The van der Waals surface area contributed by atoms with Gasteiger partial charge in [-0.15, -0.1) is 0 Å². The molecule has 7 N–H and O–H groups in total. The van der Waals surface area contributed by atoms with Crippen LogP contribution in [0.3, 0.4) is 0 Å². The van der Waals surface area contributed by atoms with Crippen LogP contribution in [0.1, 0.15) is 0 Å². The van der Waals surface area contributed by atoms with E-state index in [4.69, 9.17) is 34.0 Å². The number of hydrogen-bond acceptors (Lipinski definition) is 5. The minimum absolute atomic E-state index is 0. The first-order valence-corrected chi connectivity index (χ1v) is 6.04. The first-order valence-electron chi connectivity index (χ1n) is 1.68. The zero-order valence-electron chi connectivity index (χ0n) is 4.49. The third kappa shape index (κ3) is 607. The molecule has 8 nitrogen and oxygen atoms in total. The van der Waals surface area contributed by atoms with E-state index < -0.39 is 26.0 Å². The predicted molar refractivity (Wildman–Crippen MR) is 30.3 cm³/mol. The Bertz CT molecular complexity index is 106. The van der Waals surface area contributed by atoms with Gasteiger partial charge in [0.25, 0.3) is 0 Å². The average Bonchev–Trinajstić information content (AvgIpc) is 1.12. The number of hydrogen-bond donors (Lipinski definition) is 7. The molecular formula is H8LiO8PTi. The molecule has 0 aromatic carbocycles. The molecule has 0 aliphatic carbocycles. The van der Waals surface area contributed by atoms with Gasteiger partial charge in [0.2, 0.25) is 0 Å². The van der Waals surface area contributed by atoms with Crippen LogP contribution in [0.5, 0.6) is 0 Å². The SMILES string of the molecule is O=P(O)(O)O.[LiH].[OH][Ti]([OH])([OH])[OH]. The van der Waals surface area contributed by atoms with Gasteiger partial charge in [0, 0.05) is 0 Å². The molecule has 0 fully saturated rings. The van der Waals surface area contributed by atoms with Gasteiger partial charge in [0.15, 0.2) is 0 Å². The second-order valence-corrected chi connectivity index (χ2v) is 4.01. The Labute approximate surface area is 78.8 Å². The normalized spacial score (nSPS) is 10.8. The molecule has 66 valence electrons. The van der Waals surface area contributed by atoms with Gasteiger partial charge in [-0.2, -0.15) is 0 Å². The molecule has 0 aromatic heterocycles. The zero-order valence-corrected chi connectivity index (χ0v) is 6.94. The number of phosphoric acid groups is 1. The van der Waals surface area contributed by atoms with Crippen LogP contribution in [0.15, 0.2) is 0 Å². The summed E-state index contributed by atoms with van der Waals surface area (Å²) in [6.07, 6.45) is 0. The van der Waals surface area contributed by atoms with Crippen LogP contribution in [0, 0.1) is 0 Å². The Hall–Kier alpha value is 1.26. The molecule has 0 rings (SSSR count). The molecule has 0 bridgehead atoms. The van der Waals surface area contributed by atoms with Gasteiger partial charge >= 0.3 is 59.6 Å². The number of rotatable bonds is 0. The van der Waals surface area contributed by atoms with Gasteiger partial charge in [-0.1, -0.05) is 0 Å². The van der Waals surface area contributed by atoms with Gasteiger partial charge in [-0.3, -0.25) is 0 Å². The van der Waals surface area contributed by atoms with E-state index in [1.165, 1.54) is 0 Å². The molecule has 0 unspecified atom stereocenters. The molecule has 0 aliphatic heterocycles. The summed E-state index contributed by atoms with van der Waals surface area (Å²) < 4.78 is 38.4. The summed E-state index contributed by atoms with van der Waals surface area (Å²) >= 11 is -5.00. The molecule has 0 spiro atoms. The molecule has 0 aliphatic rings. The Morgan fingerprint density at radius 2 is 0.909 bits per heavy atom. The van der Waals surface area contributed by atoms with Crippen molar-refractivity contribution in [3.05, 3.63) is 0 Å². The molecule has 0 saturated heterocycles. The van der Waals surface area contributed by atoms with E-state index in [-0.39, 0.29) is 18.9 Å². The van der Waals surface area contributed by atoms with Crippen molar-refractivity contribution in [3.63, 3.8) is 0 Å². The van der Waals surface area contributed by atoms with Crippen molar-refractivity contribution < 1.29 is 52.1 Å². The monoisotopic (exact) mass is 222 g/mol. The van der Waals surface area contributed by atoms with Crippen LogP contribution < -0.4 is 0 Å². The van der Waals surface area contributed by atoms with Crippen LogP contribution in [0.25, 0.3) is 0 Å². The van der Waals surface area contributed by atoms with Crippen molar-refractivity contribution >= 4 is 26.7 Å². The van der Waals surface area contributed by atoms with Gasteiger partial charge < -0.3 is 14.7 Å². The summed E-state index contributed by atoms with van der Waals surface area (Å²) in [6.45, 7) is 0. The molecule has 0 aromatic rings. The van der Waals surface area contributed by atoms with E-state index >= 15 is 0 Å². The molecular weight excluding hydrogens is 214 g/mol. The minimum atomic E-state index is -5.00. The molecule has 0 heterocycles. The third-order valence-electron chi connectivity index (χ3n) is 0. The van der Waals surface area contributed by atoms with E-state index in [9.17, 15) is 0 Å². The molecule has 0 radical (unpaired) electrons. The van der Waals surface area contributed by atoms with E-state index in [1.54, 1.807) is 0 Å². The molecule has 0 saturated carbocycles. The molecule has 11 heavy (non-hydrogen) atoms. The van der Waals surface area contributed by atoms with Crippen molar-refractivity contribution in [2.45, 2.75) is 0 Å². The topological polar surface area (TPSA) is 159 Å². The first kappa shape index (κ1) is 18.1. The fourth-order valence-corrected chi connectivity index (χ4v) is 0. The van der Waals surface area contributed by atoms with Crippen molar-refractivity contribution in [1.82, 2.24) is 0 Å². The van der Waals surface area contributed by atoms with Crippen LogP contribution in [-0.4, -0.2) is 48.3 Å². The maximum atomic E-state index is 8.88.